The van der Waals surface area contributed by atoms with Crippen LogP contribution in [0, 0.1) is 0 Å². The predicted octanol–water partition coefficient (Wildman–Crippen LogP) is 3.42. The molecule has 0 aromatic heterocycles. The van der Waals surface area contributed by atoms with E-state index in [2.05, 4.69) is 0 Å². The van der Waals surface area contributed by atoms with Crippen molar-refractivity contribution in [2.24, 2.45) is 0 Å². The van der Waals surface area contributed by atoms with Gasteiger partial charge in [-0.3, -0.25) is 0 Å². The van der Waals surface area contributed by atoms with Crippen molar-refractivity contribution >= 4 is 28.3 Å². The number of rotatable bonds is 0. The minimum Gasteiger partial charge on any atom is -0.435 e. The summed E-state index contributed by atoms with van der Waals surface area (Å²) in [4.78, 5) is 11.8. The summed E-state index contributed by atoms with van der Waals surface area (Å²) in [5.41, 5.74) is 1.44. The zero-order valence-corrected chi connectivity index (χ0v) is 9.41. The Balaban J connectivity index is 2.52. The van der Waals surface area contributed by atoms with Crippen LogP contribution in [0.5, 0.6) is 0 Å². The quantitative estimate of drug-likeness (QED) is 0.514. The first-order valence-corrected chi connectivity index (χ1v) is 5.42. The Morgan fingerprint density at radius 2 is 1.88 bits per heavy atom. The van der Waals surface area contributed by atoms with E-state index in [1.165, 1.54) is 0 Å². The molecule has 0 saturated carbocycles. The second-order valence-corrected chi connectivity index (χ2v) is 4.74. The van der Waals surface area contributed by atoms with Gasteiger partial charge in [0.2, 0.25) is 5.06 Å². The van der Waals surface area contributed by atoms with Gasteiger partial charge in [0, 0.05) is 10.9 Å². The van der Waals surface area contributed by atoms with Crippen LogP contribution >= 0.6 is 11.6 Å². The zero-order valence-electron chi connectivity index (χ0n) is 8.66. The highest BCUT2D eigenvalue weighted by molar-refractivity contribution is 6.26. The Hall–Kier alpha value is -1.54. The van der Waals surface area contributed by atoms with Crippen LogP contribution in [-0.2, 0) is 9.80 Å². The number of ether oxygens (including phenoxy) is 1. The molecule has 0 radical (unpaired) electrons. The largest absolute Gasteiger partial charge is 0.435 e. The molecule has 2 nitrogen and oxygen atoms in total. The maximum absolute atomic E-state index is 11.8. The summed E-state index contributed by atoms with van der Waals surface area (Å²) in [5, 5.41) is 0.850. The van der Waals surface area contributed by atoms with Gasteiger partial charge in [0.15, 0.2) is 0 Å². The van der Waals surface area contributed by atoms with Crippen LogP contribution in [0.3, 0.4) is 0 Å². The van der Waals surface area contributed by atoms with Crippen LogP contribution in [0.25, 0.3) is 10.8 Å². The standard InChI is InChI=1S/C13H9ClO2/c1-13(14)10-7-3-5-8-4-2-6-9(11(8)10)12(15)16-13/h2-7H,1H3. The Morgan fingerprint density at radius 1 is 1.19 bits per heavy atom. The highest BCUT2D eigenvalue weighted by atomic mass is 35.5. The highest BCUT2D eigenvalue weighted by Crippen LogP contribution is 2.41. The molecule has 80 valence electrons. The molecule has 0 saturated heterocycles. The van der Waals surface area contributed by atoms with Gasteiger partial charge in [-0.15, -0.1) is 0 Å². The fraction of sp³-hybridized carbons (Fsp3) is 0.154. The monoisotopic (exact) mass is 232 g/mol. The van der Waals surface area contributed by atoms with E-state index in [4.69, 9.17) is 16.3 Å². The van der Waals surface area contributed by atoms with Crippen LogP contribution in [-0.4, -0.2) is 5.97 Å². The van der Waals surface area contributed by atoms with Crippen LogP contribution in [0.1, 0.15) is 22.8 Å². The second kappa shape index (κ2) is 2.98. The lowest BCUT2D eigenvalue weighted by Gasteiger charge is -2.29. The fourth-order valence-corrected chi connectivity index (χ4v) is 2.39. The van der Waals surface area contributed by atoms with Gasteiger partial charge >= 0.3 is 5.97 Å². The summed E-state index contributed by atoms with van der Waals surface area (Å²) < 4.78 is 5.22. The van der Waals surface area contributed by atoms with Gasteiger partial charge in [-0.05, 0) is 18.4 Å². The first kappa shape index (κ1) is 9.67. The van der Waals surface area contributed by atoms with Crippen molar-refractivity contribution in [3.05, 3.63) is 47.5 Å². The zero-order chi connectivity index (χ0) is 11.3. The number of benzene rings is 2. The van der Waals surface area contributed by atoms with Gasteiger partial charge in [0.25, 0.3) is 0 Å². The van der Waals surface area contributed by atoms with Crippen molar-refractivity contribution in [3.63, 3.8) is 0 Å². The number of halogens is 1. The van der Waals surface area contributed by atoms with Gasteiger partial charge in [-0.1, -0.05) is 41.9 Å². The summed E-state index contributed by atoms with van der Waals surface area (Å²) >= 11 is 6.22. The Morgan fingerprint density at radius 3 is 2.62 bits per heavy atom. The normalized spacial score (nSPS) is 23.2. The predicted molar refractivity (Wildman–Crippen MR) is 62.6 cm³/mol. The van der Waals surface area contributed by atoms with E-state index in [0.29, 0.717) is 5.56 Å². The van der Waals surface area contributed by atoms with Crippen molar-refractivity contribution in [1.29, 1.82) is 0 Å². The van der Waals surface area contributed by atoms with Crippen molar-refractivity contribution in [3.8, 4) is 0 Å². The van der Waals surface area contributed by atoms with Crippen LogP contribution in [0.4, 0.5) is 0 Å². The molecule has 16 heavy (non-hydrogen) atoms. The van der Waals surface area contributed by atoms with Crippen molar-refractivity contribution < 1.29 is 9.53 Å². The molecule has 1 aliphatic rings. The number of hydrogen-bond donors (Lipinski definition) is 0. The first-order chi connectivity index (χ1) is 7.59. The Labute approximate surface area is 97.8 Å². The van der Waals surface area contributed by atoms with Gasteiger partial charge in [-0.2, -0.15) is 0 Å². The summed E-state index contributed by atoms with van der Waals surface area (Å²) in [7, 11) is 0. The molecule has 0 N–H and O–H groups in total. The lowest BCUT2D eigenvalue weighted by Crippen LogP contribution is -2.28. The van der Waals surface area contributed by atoms with E-state index in [-0.39, 0.29) is 5.97 Å². The third-order valence-corrected chi connectivity index (χ3v) is 3.17. The van der Waals surface area contributed by atoms with E-state index >= 15 is 0 Å². The Bertz CT molecular complexity index is 597. The van der Waals surface area contributed by atoms with Crippen molar-refractivity contribution in [2.45, 2.75) is 12.0 Å². The molecule has 0 bridgehead atoms. The highest BCUT2D eigenvalue weighted by Gasteiger charge is 2.36. The number of carbonyl (C=O) groups excluding carboxylic acids is 1. The average molecular weight is 233 g/mol. The third kappa shape index (κ3) is 1.17. The number of alkyl halides is 1. The second-order valence-electron chi connectivity index (χ2n) is 4.02. The van der Waals surface area contributed by atoms with Gasteiger partial charge in [0.1, 0.15) is 0 Å². The molecule has 1 heterocycles. The Kier molecular flexibility index (Phi) is 1.80. The molecule has 2 aromatic carbocycles. The molecule has 0 amide bonds. The lowest BCUT2D eigenvalue weighted by atomic mass is 9.94. The average Bonchev–Trinajstić information content (AvgIpc) is 2.25. The van der Waals surface area contributed by atoms with E-state index < -0.39 is 5.06 Å². The molecular weight excluding hydrogens is 224 g/mol. The summed E-state index contributed by atoms with van der Waals surface area (Å²) in [6.07, 6.45) is 0. The van der Waals surface area contributed by atoms with Gasteiger partial charge in [0.05, 0.1) is 5.56 Å². The van der Waals surface area contributed by atoms with E-state index in [0.717, 1.165) is 16.3 Å². The van der Waals surface area contributed by atoms with Crippen LogP contribution in [0.2, 0.25) is 0 Å². The number of esters is 1. The van der Waals surface area contributed by atoms with Gasteiger partial charge in [-0.25, -0.2) is 4.79 Å². The van der Waals surface area contributed by atoms with E-state index in [1.807, 2.05) is 30.3 Å². The SMILES string of the molecule is CC1(Cl)OC(=O)c2cccc3cccc1c23. The van der Waals surface area contributed by atoms with E-state index in [9.17, 15) is 4.79 Å². The number of cyclic esters (lactones) is 1. The maximum atomic E-state index is 11.8. The molecule has 1 unspecified atom stereocenters. The molecule has 0 fully saturated rings. The third-order valence-electron chi connectivity index (χ3n) is 2.89. The molecule has 0 aliphatic carbocycles. The van der Waals surface area contributed by atoms with Crippen molar-refractivity contribution in [1.82, 2.24) is 0 Å². The topological polar surface area (TPSA) is 26.3 Å². The molecule has 0 spiro atoms. The molecular formula is C13H9ClO2. The number of carbonyl (C=O) groups is 1. The molecule has 1 aliphatic heterocycles. The first-order valence-electron chi connectivity index (χ1n) is 5.04. The molecule has 3 rings (SSSR count). The summed E-state index contributed by atoms with van der Waals surface area (Å²) in [5.74, 6) is -0.359. The van der Waals surface area contributed by atoms with E-state index in [1.54, 1.807) is 13.0 Å². The minimum absolute atomic E-state index is 0.359. The van der Waals surface area contributed by atoms with Crippen molar-refractivity contribution in [2.75, 3.05) is 0 Å². The minimum atomic E-state index is -1.06. The molecule has 2 aromatic rings. The molecule has 3 heteroatoms. The summed E-state index contributed by atoms with van der Waals surface area (Å²) in [6.45, 7) is 1.69. The summed E-state index contributed by atoms with van der Waals surface area (Å²) in [6, 6.07) is 11.4. The lowest BCUT2D eigenvalue weighted by molar-refractivity contribution is 0.0200. The maximum Gasteiger partial charge on any atom is 0.340 e. The van der Waals surface area contributed by atoms with Gasteiger partial charge < -0.3 is 4.74 Å². The number of hydrogen-bond acceptors (Lipinski definition) is 2. The molecule has 1 atom stereocenters. The van der Waals surface area contributed by atoms with Crippen LogP contribution in [0.15, 0.2) is 36.4 Å². The smallest absolute Gasteiger partial charge is 0.340 e. The fourth-order valence-electron chi connectivity index (χ4n) is 2.17. The van der Waals surface area contributed by atoms with Crippen LogP contribution < -0.4 is 0 Å².